The van der Waals surface area contributed by atoms with Gasteiger partial charge in [-0.1, -0.05) is 0 Å². The van der Waals surface area contributed by atoms with Crippen molar-refractivity contribution in [3.05, 3.63) is 29.6 Å². The van der Waals surface area contributed by atoms with Crippen molar-refractivity contribution in [2.24, 2.45) is 0 Å². The van der Waals surface area contributed by atoms with E-state index in [0.29, 0.717) is 18.8 Å². The van der Waals surface area contributed by atoms with Gasteiger partial charge in [-0.15, -0.1) is 0 Å². The highest BCUT2D eigenvalue weighted by atomic mass is 19.1. The van der Waals surface area contributed by atoms with E-state index in [1.165, 1.54) is 12.1 Å². The van der Waals surface area contributed by atoms with E-state index in [9.17, 15) is 9.18 Å². The lowest BCUT2D eigenvalue weighted by Crippen LogP contribution is -1.99. The number of benzene rings is 1. The van der Waals surface area contributed by atoms with Crippen LogP contribution in [0.25, 0.3) is 0 Å². The van der Waals surface area contributed by atoms with Crippen molar-refractivity contribution in [2.75, 3.05) is 6.61 Å². The lowest BCUT2D eigenvalue weighted by molar-refractivity contribution is -0.117. The minimum atomic E-state index is -0.575. The fourth-order valence-corrected chi connectivity index (χ4v) is 1.34. The van der Waals surface area contributed by atoms with Crippen molar-refractivity contribution in [3.63, 3.8) is 0 Å². The van der Waals surface area contributed by atoms with Gasteiger partial charge in [-0.25, -0.2) is 4.39 Å². The molecule has 1 aromatic carbocycles. The summed E-state index contributed by atoms with van der Waals surface area (Å²) in [5.74, 6) is -0.00696. The van der Waals surface area contributed by atoms with E-state index in [2.05, 4.69) is 0 Å². The monoisotopic (exact) mass is 235 g/mol. The SMILES string of the molecule is CC(=O)CCCCOc1ccc(C#N)c(F)c1. The van der Waals surface area contributed by atoms with Gasteiger partial charge in [0.2, 0.25) is 0 Å². The van der Waals surface area contributed by atoms with Crippen LogP contribution in [0.3, 0.4) is 0 Å². The van der Waals surface area contributed by atoms with Gasteiger partial charge in [-0.3, -0.25) is 0 Å². The number of nitriles is 1. The Balaban J connectivity index is 2.35. The molecule has 0 aliphatic heterocycles. The topological polar surface area (TPSA) is 50.1 Å². The van der Waals surface area contributed by atoms with Crippen LogP contribution in [0.4, 0.5) is 4.39 Å². The van der Waals surface area contributed by atoms with Crippen LogP contribution in [0.5, 0.6) is 5.75 Å². The summed E-state index contributed by atoms with van der Waals surface area (Å²) in [6.07, 6.45) is 2.07. The summed E-state index contributed by atoms with van der Waals surface area (Å²) in [5.41, 5.74) is 0.00827. The molecule has 0 bridgehead atoms. The highest BCUT2D eigenvalue weighted by Gasteiger charge is 2.03. The number of halogens is 1. The zero-order chi connectivity index (χ0) is 12.7. The van der Waals surface area contributed by atoms with Crippen molar-refractivity contribution in [2.45, 2.75) is 26.2 Å². The van der Waals surface area contributed by atoms with Crippen molar-refractivity contribution in [3.8, 4) is 11.8 Å². The summed E-state index contributed by atoms with van der Waals surface area (Å²) in [7, 11) is 0. The predicted molar refractivity (Wildman–Crippen MR) is 61.1 cm³/mol. The molecule has 0 spiro atoms. The van der Waals surface area contributed by atoms with Crippen molar-refractivity contribution >= 4 is 5.78 Å². The molecule has 90 valence electrons. The van der Waals surface area contributed by atoms with E-state index in [4.69, 9.17) is 10.00 Å². The molecule has 0 unspecified atom stereocenters. The maximum absolute atomic E-state index is 13.2. The highest BCUT2D eigenvalue weighted by molar-refractivity contribution is 5.75. The first-order valence-corrected chi connectivity index (χ1v) is 5.45. The second-order valence-electron chi connectivity index (χ2n) is 3.76. The third-order valence-electron chi connectivity index (χ3n) is 2.25. The summed E-state index contributed by atoms with van der Waals surface area (Å²) in [6, 6.07) is 5.89. The number of carbonyl (C=O) groups excluding carboxylic acids is 1. The standard InChI is InChI=1S/C13H14FNO2/c1-10(16)4-2-3-7-17-12-6-5-11(9-15)13(14)8-12/h5-6,8H,2-4,7H2,1H3. The van der Waals surface area contributed by atoms with Gasteiger partial charge in [-0.05, 0) is 31.9 Å². The maximum Gasteiger partial charge on any atom is 0.144 e. The lowest BCUT2D eigenvalue weighted by atomic mass is 10.2. The van der Waals surface area contributed by atoms with Gasteiger partial charge in [0.05, 0.1) is 12.2 Å². The smallest absolute Gasteiger partial charge is 0.144 e. The molecule has 1 aromatic rings. The van der Waals surface area contributed by atoms with Crippen molar-refractivity contribution < 1.29 is 13.9 Å². The molecule has 0 fully saturated rings. The number of hydrogen-bond donors (Lipinski definition) is 0. The van der Waals surface area contributed by atoms with Gasteiger partial charge in [0.25, 0.3) is 0 Å². The Bertz CT molecular complexity index is 438. The molecule has 0 heterocycles. The van der Waals surface area contributed by atoms with Crippen LogP contribution in [0.15, 0.2) is 18.2 Å². The molecular weight excluding hydrogens is 221 g/mol. The minimum Gasteiger partial charge on any atom is -0.493 e. The number of nitrogens with zero attached hydrogens (tertiary/aromatic N) is 1. The van der Waals surface area contributed by atoms with E-state index in [1.54, 1.807) is 19.1 Å². The van der Waals surface area contributed by atoms with Crippen LogP contribution < -0.4 is 4.74 Å². The molecule has 0 N–H and O–H groups in total. The molecule has 0 saturated heterocycles. The molecule has 0 aliphatic rings. The number of rotatable bonds is 6. The van der Waals surface area contributed by atoms with E-state index in [-0.39, 0.29) is 11.3 Å². The fourth-order valence-electron chi connectivity index (χ4n) is 1.34. The number of ketones is 1. The van der Waals surface area contributed by atoms with Crippen LogP contribution in [0.1, 0.15) is 31.7 Å². The van der Waals surface area contributed by atoms with Crippen LogP contribution in [-0.4, -0.2) is 12.4 Å². The Labute approximate surface area is 99.8 Å². The number of ether oxygens (including phenoxy) is 1. The Kier molecular flexibility index (Phi) is 5.15. The third kappa shape index (κ3) is 4.64. The van der Waals surface area contributed by atoms with Crippen LogP contribution >= 0.6 is 0 Å². The van der Waals surface area contributed by atoms with Gasteiger partial charge in [0, 0.05) is 12.5 Å². The molecular formula is C13H14FNO2. The molecule has 0 aromatic heterocycles. The third-order valence-corrected chi connectivity index (χ3v) is 2.25. The fraction of sp³-hybridized carbons (Fsp3) is 0.385. The van der Waals surface area contributed by atoms with Gasteiger partial charge in [-0.2, -0.15) is 5.26 Å². The van der Waals surface area contributed by atoms with Gasteiger partial charge >= 0.3 is 0 Å². The van der Waals surface area contributed by atoms with E-state index in [1.807, 2.05) is 0 Å². The summed E-state index contributed by atoms with van der Waals surface area (Å²) in [5, 5.41) is 8.54. The van der Waals surface area contributed by atoms with Gasteiger partial charge in [0.15, 0.2) is 0 Å². The number of carbonyl (C=O) groups is 1. The first kappa shape index (κ1) is 13.2. The average molecular weight is 235 g/mol. The van der Waals surface area contributed by atoms with Crippen molar-refractivity contribution in [1.82, 2.24) is 0 Å². The first-order chi connectivity index (χ1) is 8.13. The van der Waals surface area contributed by atoms with Crippen LogP contribution in [0.2, 0.25) is 0 Å². The highest BCUT2D eigenvalue weighted by Crippen LogP contribution is 2.16. The lowest BCUT2D eigenvalue weighted by Gasteiger charge is -2.05. The quantitative estimate of drug-likeness (QED) is 0.712. The molecule has 4 heteroatoms. The Morgan fingerprint density at radius 3 is 2.82 bits per heavy atom. The molecule has 3 nitrogen and oxygen atoms in total. The van der Waals surface area contributed by atoms with Gasteiger partial charge in [0.1, 0.15) is 23.4 Å². The predicted octanol–water partition coefficient (Wildman–Crippen LogP) is 2.84. The van der Waals surface area contributed by atoms with E-state index in [0.717, 1.165) is 12.8 Å². The zero-order valence-electron chi connectivity index (χ0n) is 9.70. The molecule has 0 atom stereocenters. The Hall–Kier alpha value is -1.89. The second-order valence-corrected chi connectivity index (χ2v) is 3.76. The zero-order valence-corrected chi connectivity index (χ0v) is 9.70. The molecule has 0 aliphatic carbocycles. The summed E-state index contributed by atoms with van der Waals surface area (Å²) in [4.78, 5) is 10.7. The Morgan fingerprint density at radius 1 is 1.47 bits per heavy atom. The van der Waals surface area contributed by atoms with Crippen LogP contribution in [-0.2, 0) is 4.79 Å². The van der Waals surface area contributed by atoms with Crippen LogP contribution in [0, 0.1) is 17.1 Å². The molecule has 0 amide bonds. The van der Waals surface area contributed by atoms with E-state index >= 15 is 0 Å². The summed E-state index contributed by atoms with van der Waals surface area (Å²) < 4.78 is 18.5. The molecule has 0 saturated carbocycles. The normalized spacial score (nSPS) is 9.71. The summed E-state index contributed by atoms with van der Waals surface area (Å²) >= 11 is 0. The molecule has 1 rings (SSSR count). The molecule has 17 heavy (non-hydrogen) atoms. The average Bonchev–Trinajstić information content (AvgIpc) is 2.28. The molecule has 0 radical (unpaired) electrons. The largest absolute Gasteiger partial charge is 0.493 e. The summed E-state index contributed by atoms with van der Waals surface area (Å²) in [6.45, 7) is 2.00. The first-order valence-electron chi connectivity index (χ1n) is 5.45. The van der Waals surface area contributed by atoms with E-state index < -0.39 is 5.82 Å². The Morgan fingerprint density at radius 2 is 2.24 bits per heavy atom. The number of Topliss-reactive ketones (excluding diaryl/α,β-unsaturated/α-hetero) is 1. The second kappa shape index (κ2) is 6.64. The minimum absolute atomic E-state index is 0.00827. The number of hydrogen-bond acceptors (Lipinski definition) is 3. The maximum atomic E-state index is 13.2. The number of unbranched alkanes of at least 4 members (excludes halogenated alkanes) is 1. The van der Waals surface area contributed by atoms with Crippen molar-refractivity contribution in [1.29, 1.82) is 5.26 Å². The van der Waals surface area contributed by atoms with Gasteiger partial charge < -0.3 is 9.53 Å².